The van der Waals surface area contributed by atoms with Gasteiger partial charge in [0.25, 0.3) is 0 Å². The Morgan fingerprint density at radius 3 is 2.43 bits per heavy atom. The number of fused-ring (bicyclic) bond motifs is 1. The van der Waals surface area contributed by atoms with Crippen molar-refractivity contribution in [2.24, 2.45) is 0 Å². The lowest BCUT2D eigenvalue weighted by Gasteiger charge is -1.98. The van der Waals surface area contributed by atoms with Crippen LogP contribution in [0, 0.1) is 0 Å². The quantitative estimate of drug-likeness (QED) is 0.597. The fourth-order valence-electron chi connectivity index (χ4n) is 1.38. The van der Waals surface area contributed by atoms with Crippen LogP contribution in [-0.4, -0.2) is 42.1 Å². The van der Waals surface area contributed by atoms with E-state index in [1.807, 2.05) is 0 Å². The molecule has 0 atom stereocenters. The monoisotopic (exact) mass is 293 g/mol. The van der Waals surface area contributed by atoms with Crippen molar-refractivity contribution in [2.45, 2.75) is 19.8 Å². The number of nitrogens with zero attached hydrogens (tertiary/aromatic N) is 3. The average molecular weight is 293 g/mol. The zero-order chi connectivity index (χ0) is 15.8. The van der Waals surface area contributed by atoms with Gasteiger partial charge in [0, 0.05) is 18.6 Å². The minimum atomic E-state index is -1.26. The lowest BCUT2D eigenvalue weighted by Crippen LogP contribution is -2.00. The molecule has 0 aliphatic carbocycles. The van der Waals surface area contributed by atoms with E-state index in [1.54, 1.807) is 6.33 Å². The van der Waals surface area contributed by atoms with Gasteiger partial charge >= 0.3 is 11.9 Å². The molecule has 0 spiro atoms. The van der Waals surface area contributed by atoms with Crippen LogP contribution in [0.2, 0.25) is 0 Å². The van der Waals surface area contributed by atoms with Crippen molar-refractivity contribution in [3.8, 4) is 0 Å². The van der Waals surface area contributed by atoms with E-state index in [1.165, 1.54) is 0 Å². The second-order valence-electron chi connectivity index (χ2n) is 3.89. The number of carboxylic acid groups (broad SMARTS) is 2. The molecule has 0 bridgehead atoms. The first kappa shape index (κ1) is 16.1. The number of anilines is 1. The molecule has 0 unspecified atom stereocenters. The van der Waals surface area contributed by atoms with Crippen LogP contribution in [0.4, 0.5) is 5.82 Å². The lowest BCUT2D eigenvalue weighted by molar-refractivity contribution is -0.134. The maximum absolute atomic E-state index is 9.55. The molecule has 0 saturated carbocycles. The van der Waals surface area contributed by atoms with Gasteiger partial charge in [-0.2, -0.15) is 0 Å². The zero-order valence-corrected chi connectivity index (χ0v) is 11.3. The van der Waals surface area contributed by atoms with Gasteiger partial charge in [0.15, 0.2) is 11.5 Å². The second-order valence-corrected chi connectivity index (χ2v) is 3.89. The van der Waals surface area contributed by atoms with Crippen LogP contribution >= 0.6 is 0 Å². The topological polar surface area (TPSA) is 155 Å². The largest absolute Gasteiger partial charge is 0.478 e. The van der Waals surface area contributed by atoms with Crippen LogP contribution in [0.15, 0.2) is 18.5 Å². The summed E-state index contributed by atoms with van der Waals surface area (Å²) in [7, 11) is 0. The summed E-state index contributed by atoms with van der Waals surface area (Å²) in [4.78, 5) is 34.5. The number of nitrogens with two attached hydrogens (primary N) is 1. The maximum Gasteiger partial charge on any atom is 0.328 e. The summed E-state index contributed by atoms with van der Waals surface area (Å²) in [5.41, 5.74) is 7.08. The molecule has 9 heteroatoms. The molecule has 0 aromatic carbocycles. The van der Waals surface area contributed by atoms with Crippen molar-refractivity contribution in [1.29, 1.82) is 0 Å². The molecule has 0 aliphatic rings. The highest BCUT2D eigenvalue weighted by atomic mass is 16.4. The molecule has 0 fully saturated rings. The van der Waals surface area contributed by atoms with E-state index in [0.29, 0.717) is 23.6 Å². The Bertz CT molecular complexity index is 649. The second kappa shape index (κ2) is 7.58. The predicted octanol–water partition coefficient (Wildman–Crippen LogP) is 0.599. The summed E-state index contributed by atoms with van der Waals surface area (Å²) in [6.07, 6.45) is 4.54. The Labute approximate surface area is 119 Å². The van der Waals surface area contributed by atoms with Crippen molar-refractivity contribution >= 4 is 28.9 Å². The highest BCUT2D eigenvalue weighted by Crippen LogP contribution is 2.13. The normalized spacial score (nSPS) is 10.3. The molecule has 0 aliphatic heterocycles. The van der Waals surface area contributed by atoms with Crippen molar-refractivity contribution in [3.05, 3.63) is 24.3 Å². The van der Waals surface area contributed by atoms with Crippen LogP contribution < -0.4 is 5.73 Å². The van der Waals surface area contributed by atoms with Gasteiger partial charge in [-0.25, -0.2) is 24.5 Å². The third kappa shape index (κ3) is 5.27. The van der Waals surface area contributed by atoms with Crippen molar-refractivity contribution in [1.82, 2.24) is 19.9 Å². The van der Waals surface area contributed by atoms with Gasteiger partial charge < -0.3 is 20.9 Å². The Balaban J connectivity index is 0.000000240. The number of hydrogen-bond acceptors (Lipinski definition) is 6. The first-order valence-corrected chi connectivity index (χ1v) is 6.03. The summed E-state index contributed by atoms with van der Waals surface area (Å²) in [5, 5.41) is 15.6. The van der Waals surface area contributed by atoms with E-state index in [-0.39, 0.29) is 0 Å². The molecule has 2 aromatic rings. The van der Waals surface area contributed by atoms with Crippen molar-refractivity contribution < 1.29 is 19.8 Å². The van der Waals surface area contributed by atoms with Gasteiger partial charge in [-0.3, -0.25) is 0 Å². The van der Waals surface area contributed by atoms with Gasteiger partial charge in [-0.15, -0.1) is 0 Å². The van der Waals surface area contributed by atoms with Gasteiger partial charge in [-0.1, -0.05) is 6.92 Å². The van der Waals surface area contributed by atoms with E-state index < -0.39 is 11.9 Å². The third-order valence-electron chi connectivity index (χ3n) is 2.20. The fourth-order valence-corrected chi connectivity index (χ4v) is 1.38. The standard InChI is InChI=1S/C8H11N5.C4H4O4/c1-2-3-5-12-7(9)6-8(13-5)11-4-10-6;5-3(6)1-2-4(7)8/h4H,2-3H2,1H3,(H3,9,10,11,12,13);1-2H,(H,5,6)(H,7,8)/b;2-1+. The number of carbonyl (C=O) groups is 2. The summed E-state index contributed by atoms with van der Waals surface area (Å²) in [5.74, 6) is -1.27. The highest BCUT2D eigenvalue weighted by molar-refractivity contribution is 5.89. The van der Waals surface area contributed by atoms with Crippen LogP contribution in [0.1, 0.15) is 19.2 Å². The van der Waals surface area contributed by atoms with Crippen molar-refractivity contribution in [2.75, 3.05) is 5.73 Å². The Morgan fingerprint density at radius 2 is 1.90 bits per heavy atom. The molecule has 0 radical (unpaired) electrons. The van der Waals surface area contributed by atoms with Gasteiger partial charge in [0.2, 0.25) is 0 Å². The van der Waals surface area contributed by atoms with E-state index in [9.17, 15) is 9.59 Å². The number of nitrogens with one attached hydrogen (secondary N) is 1. The molecule has 2 rings (SSSR count). The molecule has 0 saturated heterocycles. The molecular weight excluding hydrogens is 278 g/mol. The summed E-state index contributed by atoms with van der Waals surface area (Å²) in [6.45, 7) is 2.08. The smallest absolute Gasteiger partial charge is 0.328 e. The van der Waals surface area contributed by atoms with Gasteiger partial charge in [-0.05, 0) is 6.42 Å². The number of aromatic amines is 1. The van der Waals surface area contributed by atoms with Gasteiger partial charge in [0.05, 0.1) is 6.33 Å². The van der Waals surface area contributed by atoms with Crippen LogP contribution in [0.25, 0.3) is 11.2 Å². The number of nitrogen functional groups attached to an aromatic ring is 1. The molecule has 21 heavy (non-hydrogen) atoms. The summed E-state index contributed by atoms with van der Waals surface area (Å²) in [6, 6.07) is 0. The maximum atomic E-state index is 9.55. The predicted molar refractivity (Wildman–Crippen MR) is 74.5 cm³/mol. The first-order valence-electron chi connectivity index (χ1n) is 6.03. The lowest BCUT2D eigenvalue weighted by atomic mass is 10.3. The van der Waals surface area contributed by atoms with E-state index in [0.717, 1.165) is 24.2 Å². The highest BCUT2D eigenvalue weighted by Gasteiger charge is 2.05. The number of aliphatic carboxylic acids is 2. The number of hydrogen-bond donors (Lipinski definition) is 4. The molecule has 9 nitrogen and oxygen atoms in total. The van der Waals surface area contributed by atoms with Crippen LogP contribution in [0.5, 0.6) is 0 Å². The summed E-state index contributed by atoms with van der Waals surface area (Å²) < 4.78 is 0. The SMILES string of the molecule is CCCc1nc(N)c2[nH]cnc2n1.O=C(O)/C=C/C(=O)O. The molecule has 0 amide bonds. The number of rotatable bonds is 4. The molecule has 2 aromatic heterocycles. The van der Waals surface area contributed by atoms with E-state index in [2.05, 4.69) is 26.9 Å². The molecular formula is C12H15N5O4. The molecule has 2 heterocycles. The Morgan fingerprint density at radius 1 is 1.29 bits per heavy atom. The summed E-state index contributed by atoms with van der Waals surface area (Å²) >= 11 is 0. The first-order chi connectivity index (χ1) is 9.93. The Kier molecular flexibility index (Phi) is 5.80. The minimum absolute atomic E-state index is 0.478. The molecule has 112 valence electrons. The van der Waals surface area contributed by atoms with E-state index in [4.69, 9.17) is 15.9 Å². The number of aromatic nitrogens is 4. The number of H-pyrrole nitrogens is 1. The number of imidazole rings is 1. The van der Waals surface area contributed by atoms with Crippen molar-refractivity contribution in [3.63, 3.8) is 0 Å². The third-order valence-corrected chi connectivity index (χ3v) is 2.20. The van der Waals surface area contributed by atoms with Crippen LogP contribution in [-0.2, 0) is 16.0 Å². The number of aryl methyl sites for hydroxylation is 1. The number of carboxylic acids is 2. The van der Waals surface area contributed by atoms with E-state index >= 15 is 0 Å². The van der Waals surface area contributed by atoms with Crippen LogP contribution in [0.3, 0.4) is 0 Å². The van der Waals surface area contributed by atoms with Gasteiger partial charge in [0.1, 0.15) is 11.3 Å². The average Bonchev–Trinajstić information content (AvgIpc) is 2.86. The Hall–Kier alpha value is -2.97. The molecule has 5 N–H and O–H groups in total. The fraction of sp³-hybridized carbons (Fsp3) is 0.250. The minimum Gasteiger partial charge on any atom is -0.478 e. The zero-order valence-electron chi connectivity index (χ0n) is 11.3.